The van der Waals surface area contributed by atoms with Crippen LogP contribution in [0.2, 0.25) is 0 Å². The van der Waals surface area contributed by atoms with Crippen LogP contribution < -0.4 is 5.32 Å². The van der Waals surface area contributed by atoms with Crippen molar-refractivity contribution in [1.82, 2.24) is 29.1 Å². The number of aromatic nitrogens is 6. The summed E-state index contributed by atoms with van der Waals surface area (Å²) in [5.41, 5.74) is 4.05. The van der Waals surface area contributed by atoms with Gasteiger partial charge in [0.2, 0.25) is 0 Å². The van der Waals surface area contributed by atoms with Crippen LogP contribution in [-0.4, -0.2) is 35.7 Å². The number of rotatable bonds is 4. The Hall–Kier alpha value is -2.96. The van der Waals surface area contributed by atoms with Crippen LogP contribution in [0.1, 0.15) is 11.4 Å². The maximum Gasteiger partial charge on any atom is 0.163 e. The molecule has 4 aromatic rings. The molecule has 0 saturated carbocycles. The SMILES string of the molecule is Cc1cccc2nc(CCNc3ncnc4c3cnn4C)cn12. The first-order valence-electron chi connectivity index (χ1n) is 7.52. The minimum Gasteiger partial charge on any atom is -0.369 e. The Balaban J connectivity index is 1.51. The Bertz CT molecular complexity index is 983. The van der Waals surface area contributed by atoms with E-state index >= 15 is 0 Å². The normalized spacial score (nSPS) is 11.4. The van der Waals surface area contributed by atoms with Gasteiger partial charge in [0.1, 0.15) is 17.8 Å². The number of anilines is 1. The van der Waals surface area contributed by atoms with E-state index in [1.54, 1.807) is 17.2 Å². The van der Waals surface area contributed by atoms with Gasteiger partial charge >= 0.3 is 0 Å². The number of hydrogen-bond donors (Lipinski definition) is 1. The van der Waals surface area contributed by atoms with Crippen molar-refractivity contribution in [1.29, 1.82) is 0 Å². The van der Waals surface area contributed by atoms with E-state index in [0.29, 0.717) is 0 Å². The lowest BCUT2D eigenvalue weighted by Gasteiger charge is -2.04. The molecule has 7 nitrogen and oxygen atoms in total. The number of hydrogen-bond acceptors (Lipinski definition) is 5. The van der Waals surface area contributed by atoms with E-state index in [9.17, 15) is 0 Å². The van der Waals surface area contributed by atoms with Crippen LogP contribution in [0.4, 0.5) is 5.82 Å². The minimum atomic E-state index is 0.754. The average Bonchev–Trinajstić information content (AvgIpc) is 3.13. The number of nitrogens with one attached hydrogen (secondary N) is 1. The Morgan fingerprint density at radius 3 is 3.00 bits per heavy atom. The zero-order chi connectivity index (χ0) is 15.8. The summed E-state index contributed by atoms with van der Waals surface area (Å²) in [6.07, 6.45) is 6.26. The van der Waals surface area contributed by atoms with E-state index in [2.05, 4.69) is 49.0 Å². The van der Waals surface area contributed by atoms with Crippen molar-refractivity contribution in [2.75, 3.05) is 11.9 Å². The van der Waals surface area contributed by atoms with Gasteiger partial charge in [0.25, 0.3) is 0 Å². The minimum absolute atomic E-state index is 0.754. The van der Waals surface area contributed by atoms with Gasteiger partial charge in [0.05, 0.1) is 17.3 Å². The Kier molecular flexibility index (Phi) is 3.18. The first-order chi connectivity index (χ1) is 11.2. The first-order valence-corrected chi connectivity index (χ1v) is 7.52. The van der Waals surface area contributed by atoms with Crippen molar-refractivity contribution >= 4 is 22.5 Å². The van der Waals surface area contributed by atoms with Crippen LogP contribution in [0.3, 0.4) is 0 Å². The summed E-state index contributed by atoms with van der Waals surface area (Å²) >= 11 is 0. The zero-order valence-corrected chi connectivity index (χ0v) is 13.1. The number of fused-ring (bicyclic) bond motifs is 2. The van der Waals surface area contributed by atoms with E-state index < -0.39 is 0 Å². The molecule has 0 atom stereocenters. The summed E-state index contributed by atoms with van der Waals surface area (Å²) < 4.78 is 3.85. The maximum absolute atomic E-state index is 4.64. The molecular weight excluding hydrogens is 290 g/mol. The van der Waals surface area contributed by atoms with Gasteiger partial charge in [-0.1, -0.05) is 6.07 Å². The highest BCUT2D eigenvalue weighted by Gasteiger charge is 2.08. The van der Waals surface area contributed by atoms with Gasteiger partial charge < -0.3 is 9.72 Å². The monoisotopic (exact) mass is 307 g/mol. The van der Waals surface area contributed by atoms with Gasteiger partial charge in [0.15, 0.2) is 5.65 Å². The third-order valence-electron chi connectivity index (χ3n) is 3.95. The highest BCUT2D eigenvalue weighted by Crippen LogP contribution is 2.17. The summed E-state index contributed by atoms with van der Waals surface area (Å²) in [5, 5.41) is 8.51. The van der Waals surface area contributed by atoms with Crippen LogP contribution in [0.25, 0.3) is 16.7 Å². The van der Waals surface area contributed by atoms with E-state index in [1.807, 2.05) is 19.2 Å². The molecule has 0 saturated heterocycles. The third kappa shape index (κ3) is 2.40. The van der Waals surface area contributed by atoms with Gasteiger partial charge in [-0.2, -0.15) is 5.10 Å². The molecule has 0 aliphatic heterocycles. The topological polar surface area (TPSA) is 72.9 Å². The molecule has 0 bridgehead atoms. The molecule has 0 aliphatic carbocycles. The van der Waals surface area contributed by atoms with E-state index in [0.717, 1.165) is 41.2 Å². The van der Waals surface area contributed by atoms with Gasteiger partial charge in [-0.3, -0.25) is 4.68 Å². The fourth-order valence-corrected chi connectivity index (χ4v) is 2.73. The van der Waals surface area contributed by atoms with Gasteiger partial charge in [0, 0.05) is 31.9 Å². The van der Waals surface area contributed by atoms with E-state index in [-0.39, 0.29) is 0 Å². The lowest BCUT2D eigenvalue weighted by atomic mass is 10.3. The molecule has 1 N–H and O–H groups in total. The summed E-state index contributed by atoms with van der Waals surface area (Å²) in [6, 6.07) is 6.13. The number of nitrogens with zero attached hydrogens (tertiary/aromatic N) is 6. The van der Waals surface area contributed by atoms with Crippen molar-refractivity contribution in [3.8, 4) is 0 Å². The smallest absolute Gasteiger partial charge is 0.163 e. The van der Waals surface area contributed by atoms with Gasteiger partial charge in [-0.25, -0.2) is 15.0 Å². The molecule has 0 amide bonds. The van der Waals surface area contributed by atoms with Gasteiger partial charge in [-0.05, 0) is 19.1 Å². The van der Waals surface area contributed by atoms with Crippen LogP contribution in [0.15, 0.2) is 36.9 Å². The lowest BCUT2D eigenvalue weighted by Crippen LogP contribution is -2.07. The zero-order valence-electron chi connectivity index (χ0n) is 13.1. The largest absolute Gasteiger partial charge is 0.369 e. The van der Waals surface area contributed by atoms with Crippen molar-refractivity contribution in [2.45, 2.75) is 13.3 Å². The van der Waals surface area contributed by atoms with Crippen LogP contribution in [0, 0.1) is 6.92 Å². The molecule has 4 rings (SSSR count). The van der Waals surface area contributed by atoms with Crippen molar-refractivity contribution in [3.05, 3.63) is 48.3 Å². The first kappa shape index (κ1) is 13.7. The predicted octanol–water partition coefficient (Wildman–Crippen LogP) is 1.97. The fraction of sp³-hybridized carbons (Fsp3) is 0.250. The second-order valence-electron chi connectivity index (χ2n) is 5.53. The van der Waals surface area contributed by atoms with Crippen LogP contribution in [-0.2, 0) is 13.5 Å². The molecule has 0 radical (unpaired) electrons. The third-order valence-corrected chi connectivity index (χ3v) is 3.95. The lowest BCUT2D eigenvalue weighted by molar-refractivity contribution is 0.785. The second kappa shape index (κ2) is 5.35. The van der Waals surface area contributed by atoms with Gasteiger partial charge in [-0.15, -0.1) is 0 Å². The molecule has 4 aromatic heterocycles. The van der Waals surface area contributed by atoms with Crippen molar-refractivity contribution in [2.24, 2.45) is 7.05 Å². The van der Waals surface area contributed by atoms with Crippen LogP contribution in [0.5, 0.6) is 0 Å². The highest BCUT2D eigenvalue weighted by molar-refractivity contribution is 5.85. The number of aryl methyl sites for hydroxylation is 2. The Labute approximate surface area is 133 Å². The predicted molar refractivity (Wildman–Crippen MR) is 88.4 cm³/mol. The quantitative estimate of drug-likeness (QED) is 0.624. The number of imidazole rings is 1. The van der Waals surface area contributed by atoms with E-state index in [4.69, 9.17) is 0 Å². The van der Waals surface area contributed by atoms with Crippen molar-refractivity contribution in [3.63, 3.8) is 0 Å². The van der Waals surface area contributed by atoms with E-state index in [1.165, 1.54) is 5.69 Å². The van der Waals surface area contributed by atoms with Crippen LogP contribution >= 0.6 is 0 Å². The fourth-order valence-electron chi connectivity index (χ4n) is 2.73. The molecule has 4 heterocycles. The Morgan fingerprint density at radius 1 is 1.22 bits per heavy atom. The standard InChI is InChI=1S/C16H17N7/c1-11-4-3-5-14-21-12(9-23(11)14)6-7-17-15-13-8-20-22(2)16(13)19-10-18-15/h3-5,8-10H,6-7H2,1-2H3,(H,17,18,19). The molecule has 0 aliphatic rings. The average molecular weight is 307 g/mol. The molecular formula is C16H17N7. The molecule has 0 fully saturated rings. The molecule has 0 aromatic carbocycles. The van der Waals surface area contributed by atoms with Crippen molar-refractivity contribution < 1.29 is 0 Å². The summed E-state index contributed by atoms with van der Waals surface area (Å²) in [7, 11) is 1.87. The molecule has 0 unspecified atom stereocenters. The molecule has 7 heteroatoms. The highest BCUT2D eigenvalue weighted by atomic mass is 15.3. The summed E-state index contributed by atoms with van der Waals surface area (Å²) in [4.78, 5) is 13.2. The summed E-state index contributed by atoms with van der Waals surface area (Å²) in [6.45, 7) is 2.83. The summed E-state index contributed by atoms with van der Waals surface area (Å²) in [5.74, 6) is 0.808. The molecule has 23 heavy (non-hydrogen) atoms. The second-order valence-corrected chi connectivity index (χ2v) is 5.53. The molecule has 116 valence electrons. The Morgan fingerprint density at radius 2 is 2.13 bits per heavy atom. The number of pyridine rings is 1. The molecule has 0 spiro atoms. The maximum atomic E-state index is 4.64.